The number of ether oxygens (including phenoxy) is 1. The van der Waals surface area contributed by atoms with Crippen molar-refractivity contribution in [3.05, 3.63) is 40.9 Å². The Morgan fingerprint density at radius 3 is 2.84 bits per heavy atom. The van der Waals surface area contributed by atoms with Gasteiger partial charge in [0.2, 0.25) is 11.6 Å². The first-order valence-corrected chi connectivity index (χ1v) is 7.74. The fourth-order valence-corrected chi connectivity index (χ4v) is 2.99. The number of methoxy groups -OCH3 is 1. The molecule has 25 heavy (non-hydrogen) atoms. The molecule has 0 aliphatic heterocycles. The average molecular weight is 372 g/mol. The number of hydrogen-bond donors (Lipinski definition) is 0. The summed E-state index contributed by atoms with van der Waals surface area (Å²) in [5.41, 5.74) is 0.385. The molecule has 0 bridgehead atoms. The summed E-state index contributed by atoms with van der Waals surface area (Å²) in [5.74, 6) is -1.75. The topological polar surface area (TPSA) is 83.0 Å². The van der Waals surface area contributed by atoms with Crippen molar-refractivity contribution in [2.45, 2.75) is 12.7 Å². The average Bonchev–Trinajstić information content (AvgIpc) is 3.27. The highest BCUT2D eigenvalue weighted by Crippen LogP contribution is 2.31. The Hall–Kier alpha value is -2.53. The minimum absolute atomic E-state index is 0.0650. The van der Waals surface area contributed by atoms with Crippen molar-refractivity contribution in [2.24, 2.45) is 0 Å². The molecule has 0 fully saturated rings. The van der Waals surface area contributed by atoms with Gasteiger partial charge in [0.1, 0.15) is 12.3 Å². The van der Waals surface area contributed by atoms with Gasteiger partial charge in [0.25, 0.3) is 0 Å². The maximum atomic E-state index is 12.5. The first-order chi connectivity index (χ1) is 11.9. The third-order valence-corrected chi connectivity index (χ3v) is 4.20. The number of thiophene rings is 1. The van der Waals surface area contributed by atoms with Gasteiger partial charge in [-0.25, -0.2) is 0 Å². The van der Waals surface area contributed by atoms with Crippen LogP contribution in [0.5, 0.6) is 0 Å². The third kappa shape index (κ3) is 3.77. The summed E-state index contributed by atoms with van der Waals surface area (Å²) < 4.78 is 48.1. The molecule has 3 aromatic rings. The summed E-state index contributed by atoms with van der Waals surface area (Å²) in [7, 11) is 1.42. The van der Waals surface area contributed by atoms with Crippen LogP contribution in [0.25, 0.3) is 10.7 Å². The predicted molar refractivity (Wildman–Crippen MR) is 80.1 cm³/mol. The molecule has 0 unspecified atom stereocenters. The van der Waals surface area contributed by atoms with Gasteiger partial charge in [-0.15, -0.1) is 11.3 Å². The lowest BCUT2D eigenvalue weighted by Crippen LogP contribution is -2.14. The highest BCUT2D eigenvalue weighted by molar-refractivity contribution is 7.15. The molecular formula is C14H11F3N4O3S. The van der Waals surface area contributed by atoms with Gasteiger partial charge in [-0.1, -0.05) is 5.16 Å². The van der Waals surface area contributed by atoms with Crippen LogP contribution >= 0.6 is 11.3 Å². The van der Waals surface area contributed by atoms with Crippen LogP contribution < -0.4 is 0 Å². The number of alkyl halides is 3. The van der Waals surface area contributed by atoms with Crippen LogP contribution in [0.4, 0.5) is 13.2 Å². The molecule has 0 saturated carbocycles. The minimum atomic E-state index is -4.68. The number of hydrogen-bond acceptors (Lipinski definition) is 7. The van der Waals surface area contributed by atoms with E-state index in [2.05, 4.69) is 19.8 Å². The maximum Gasteiger partial charge on any atom is 0.471 e. The molecular weight excluding hydrogens is 361 g/mol. The van der Waals surface area contributed by atoms with E-state index in [1.54, 1.807) is 18.2 Å². The maximum absolute atomic E-state index is 12.5. The predicted octanol–water partition coefficient (Wildman–Crippen LogP) is 2.89. The Morgan fingerprint density at radius 2 is 2.16 bits per heavy atom. The molecule has 3 rings (SSSR count). The van der Waals surface area contributed by atoms with Crippen LogP contribution in [0.3, 0.4) is 0 Å². The van der Waals surface area contributed by atoms with Gasteiger partial charge < -0.3 is 9.26 Å². The van der Waals surface area contributed by atoms with E-state index in [0.29, 0.717) is 10.6 Å². The van der Waals surface area contributed by atoms with Crippen LogP contribution in [0.15, 0.2) is 28.9 Å². The van der Waals surface area contributed by atoms with Gasteiger partial charge in [-0.05, 0) is 18.2 Å². The van der Waals surface area contributed by atoms with E-state index in [4.69, 9.17) is 4.74 Å². The molecule has 0 aromatic carbocycles. The second-order valence-electron chi connectivity index (χ2n) is 4.92. The normalized spacial score (nSPS) is 11.8. The SMILES string of the molecule is COCC(=O)c1ccnn1Cc1ccc(-c2noc(C(F)(F)F)n2)s1. The number of Topliss-reactive ketones (excluding diaryl/α,β-unsaturated/α-hetero) is 1. The summed E-state index contributed by atoms with van der Waals surface area (Å²) >= 11 is 1.19. The summed E-state index contributed by atoms with van der Waals surface area (Å²) in [6.07, 6.45) is -3.19. The van der Waals surface area contributed by atoms with Gasteiger partial charge >= 0.3 is 12.1 Å². The van der Waals surface area contributed by atoms with Crippen LogP contribution in [0.1, 0.15) is 21.3 Å². The fourth-order valence-electron chi connectivity index (χ4n) is 2.07. The Labute approximate surface area is 143 Å². The number of nitrogens with zero attached hydrogens (tertiary/aromatic N) is 4. The van der Waals surface area contributed by atoms with Crippen LogP contribution in [-0.4, -0.2) is 39.4 Å². The van der Waals surface area contributed by atoms with Gasteiger partial charge in [-0.3, -0.25) is 9.48 Å². The second kappa shape index (κ2) is 6.76. The molecule has 0 amide bonds. The first kappa shape index (κ1) is 17.3. The van der Waals surface area contributed by atoms with E-state index in [1.165, 1.54) is 29.3 Å². The molecule has 0 N–H and O–H groups in total. The molecule has 0 radical (unpaired) electrons. The molecule has 11 heteroatoms. The van der Waals surface area contributed by atoms with Crippen molar-refractivity contribution < 1.29 is 27.2 Å². The van der Waals surface area contributed by atoms with Gasteiger partial charge in [-0.2, -0.15) is 23.3 Å². The molecule has 0 spiro atoms. The monoisotopic (exact) mass is 372 g/mol. The summed E-state index contributed by atoms with van der Waals surface area (Å²) in [6, 6.07) is 4.87. The molecule has 132 valence electrons. The zero-order chi connectivity index (χ0) is 18.0. The lowest BCUT2D eigenvalue weighted by Gasteiger charge is -2.04. The van der Waals surface area contributed by atoms with Gasteiger partial charge in [0, 0.05) is 18.2 Å². The van der Waals surface area contributed by atoms with E-state index in [0.717, 1.165) is 4.88 Å². The molecule has 0 aliphatic rings. The molecule has 0 aliphatic carbocycles. The molecule has 3 aromatic heterocycles. The molecule has 0 saturated heterocycles. The lowest BCUT2D eigenvalue weighted by atomic mass is 10.3. The van der Waals surface area contributed by atoms with Gasteiger partial charge in [0.05, 0.1) is 11.4 Å². The number of rotatable bonds is 6. The quantitative estimate of drug-likeness (QED) is 0.619. The summed E-state index contributed by atoms with van der Waals surface area (Å²) in [5, 5.41) is 7.43. The Bertz CT molecular complexity index is 884. The minimum Gasteiger partial charge on any atom is -0.376 e. The number of halogens is 3. The Kier molecular flexibility index (Phi) is 4.68. The third-order valence-electron chi connectivity index (χ3n) is 3.13. The van der Waals surface area contributed by atoms with Crippen LogP contribution in [0, 0.1) is 0 Å². The van der Waals surface area contributed by atoms with Gasteiger partial charge in [0.15, 0.2) is 0 Å². The van der Waals surface area contributed by atoms with E-state index in [9.17, 15) is 18.0 Å². The lowest BCUT2D eigenvalue weighted by molar-refractivity contribution is -0.159. The van der Waals surface area contributed by atoms with Crippen molar-refractivity contribution in [1.82, 2.24) is 19.9 Å². The highest BCUT2D eigenvalue weighted by atomic mass is 32.1. The first-order valence-electron chi connectivity index (χ1n) is 6.92. The zero-order valence-electron chi connectivity index (χ0n) is 12.8. The zero-order valence-corrected chi connectivity index (χ0v) is 13.6. The number of aromatic nitrogens is 4. The van der Waals surface area contributed by atoms with Crippen molar-refractivity contribution >= 4 is 17.1 Å². The number of carbonyl (C=O) groups excluding carboxylic acids is 1. The molecule has 7 nitrogen and oxygen atoms in total. The van der Waals surface area contributed by atoms with Crippen molar-refractivity contribution in [3.63, 3.8) is 0 Å². The molecule has 3 heterocycles. The Morgan fingerprint density at radius 1 is 1.36 bits per heavy atom. The fraction of sp³-hybridized carbons (Fsp3) is 0.286. The van der Waals surface area contributed by atoms with Crippen LogP contribution in [0.2, 0.25) is 0 Å². The van der Waals surface area contributed by atoms with E-state index in [-0.39, 0.29) is 24.8 Å². The van der Waals surface area contributed by atoms with Crippen LogP contribution in [-0.2, 0) is 17.5 Å². The van der Waals surface area contributed by atoms with Crippen molar-refractivity contribution in [3.8, 4) is 10.7 Å². The number of carbonyl (C=O) groups is 1. The summed E-state index contributed by atoms with van der Waals surface area (Å²) in [4.78, 5) is 16.5. The standard InChI is InChI=1S/C14H11F3N4O3S/c1-23-7-10(22)9-4-5-18-21(9)6-8-2-3-11(25-8)12-19-13(24-20-12)14(15,16)17/h2-5H,6-7H2,1H3. The van der Waals surface area contributed by atoms with Crippen molar-refractivity contribution in [1.29, 1.82) is 0 Å². The largest absolute Gasteiger partial charge is 0.471 e. The van der Waals surface area contributed by atoms with E-state index >= 15 is 0 Å². The smallest absolute Gasteiger partial charge is 0.376 e. The second-order valence-corrected chi connectivity index (χ2v) is 6.09. The number of ketones is 1. The Balaban J connectivity index is 1.78. The van der Waals surface area contributed by atoms with E-state index in [1.807, 2.05) is 0 Å². The molecule has 0 atom stereocenters. The van der Waals surface area contributed by atoms with E-state index < -0.39 is 12.1 Å². The highest BCUT2D eigenvalue weighted by Gasteiger charge is 2.38. The van der Waals surface area contributed by atoms with Crippen molar-refractivity contribution in [2.75, 3.05) is 13.7 Å². The summed E-state index contributed by atoms with van der Waals surface area (Å²) in [6.45, 7) is 0.219.